The summed E-state index contributed by atoms with van der Waals surface area (Å²) in [5.41, 5.74) is 1.11. The van der Waals surface area contributed by atoms with Gasteiger partial charge in [-0.1, -0.05) is 30.3 Å². The second-order valence-corrected chi connectivity index (χ2v) is 3.36. The highest BCUT2D eigenvalue weighted by Crippen LogP contribution is 2.09. The lowest BCUT2D eigenvalue weighted by Gasteiger charge is -2.00. The van der Waals surface area contributed by atoms with Gasteiger partial charge in [-0.15, -0.1) is 0 Å². The average molecular weight is 246 g/mol. The zero-order chi connectivity index (χ0) is 13.4. The molecule has 4 nitrogen and oxygen atoms in total. The topological polar surface area (TPSA) is 52.6 Å². The van der Waals surface area contributed by atoms with Crippen molar-refractivity contribution in [3.8, 4) is 0 Å². The third-order valence-corrected chi connectivity index (χ3v) is 2.14. The molecule has 0 atom stereocenters. The second-order valence-electron chi connectivity index (χ2n) is 3.36. The number of carbonyl (C=O) groups excluding carboxylic acids is 2. The van der Waals surface area contributed by atoms with Crippen LogP contribution in [0.2, 0.25) is 0 Å². The summed E-state index contributed by atoms with van der Waals surface area (Å²) >= 11 is 0. The summed E-state index contributed by atoms with van der Waals surface area (Å²) in [5.74, 6) is -1.04. The van der Waals surface area contributed by atoms with E-state index in [4.69, 9.17) is 0 Å². The highest BCUT2D eigenvalue weighted by Gasteiger charge is 2.06. The molecule has 0 radical (unpaired) electrons. The first-order valence-corrected chi connectivity index (χ1v) is 5.28. The van der Waals surface area contributed by atoms with Crippen molar-refractivity contribution in [1.29, 1.82) is 0 Å². The van der Waals surface area contributed by atoms with Crippen molar-refractivity contribution in [2.24, 2.45) is 0 Å². The lowest BCUT2D eigenvalue weighted by atomic mass is 10.1. The first-order chi connectivity index (χ1) is 8.67. The highest BCUT2D eigenvalue weighted by molar-refractivity contribution is 5.98. The molecule has 1 aromatic carbocycles. The summed E-state index contributed by atoms with van der Waals surface area (Å²) < 4.78 is 9.10. The molecule has 1 aromatic rings. The van der Waals surface area contributed by atoms with Gasteiger partial charge >= 0.3 is 11.9 Å². The fourth-order valence-corrected chi connectivity index (χ4v) is 1.25. The van der Waals surface area contributed by atoms with Crippen molar-refractivity contribution in [3.05, 3.63) is 53.6 Å². The predicted octanol–water partition coefficient (Wildman–Crippen LogP) is 1.97. The maximum atomic E-state index is 11.5. The van der Waals surface area contributed by atoms with Gasteiger partial charge in [0.15, 0.2) is 0 Å². The molecule has 0 aliphatic heterocycles. The maximum Gasteiger partial charge on any atom is 0.337 e. The molecule has 1 rings (SSSR count). The van der Waals surface area contributed by atoms with E-state index >= 15 is 0 Å². The minimum Gasteiger partial charge on any atom is -0.466 e. The Hall–Kier alpha value is -2.36. The zero-order valence-electron chi connectivity index (χ0n) is 10.3. The second kappa shape index (κ2) is 7.06. The van der Waals surface area contributed by atoms with Crippen LogP contribution in [0.3, 0.4) is 0 Å². The molecule has 0 spiro atoms. The molecule has 0 saturated carbocycles. The molecule has 0 aromatic heterocycles. The molecular weight excluding hydrogens is 232 g/mol. The Morgan fingerprint density at radius 2 is 1.67 bits per heavy atom. The van der Waals surface area contributed by atoms with Crippen molar-refractivity contribution in [2.75, 3.05) is 14.2 Å². The molecule has 0 aliphatic carbocycles. The van der Waals surface area contributed by atoms with E-state index in [1.807, 2.05) is 30.3 Å². The minimum absolute atomic E-state index is 0.272. The third-order valence-electron chi connectivity index (χ3n) is 2.14. The Morgan fingerprint density at radius 3 is 2.22 bits per heavy atom. The van der Waals surface area contributed by atoms with Gasteiger partial charge in [0.05, 0.1) is 19.8 Å². The summed E-state index contributed by atoms with van der Waals surface area (Å²) in [4.78, 5) is 22.5. The van der Waals surface area contributed by atoms with Gasteiger partial charge in [0.2, 0.25) is 0 Å². The van der Waals surface area contributed by atoms with E-state index in [2.05, 4.69) is 9.47 Å². The van der Waals surface area contributed by atoms with Crippen molar-refractivity contribution in [2.45, 2.75) is 0 Å². The van der Waals surface area contributed by atoms with E-state index < -0.39 is 11.9 Å². The quantitative estimate of drug-likeness (QED) is 0.463. The molecule has 0 saturated heterocycles. The van der Waals surface area contributed by atoms with Crippen LogP contribution in [-0.2, 0) is 19.1 Å². The Balaban J connectivity index is 2.99. The van der Waals surface area contributed by atoms with Gasteiger partial charge in [0, 0.05) is 6.08 Å². The number of benzene rings is 1. The highest BCUT2D eigenvalue weighted by atomic mass is 16.5. The molecule has 94 valence electrons. The molecule has 0 amide bonds. The largest absolute Gasteiger partial charge is 0.466 e. The van der Waals surface area contributed by atoms with Gasteiger partial charge in [-0.25, -0.2) is 9.59 Å². The summed E-state index contributed by atoms with van der Waals surface area (Å²) in [6.07, 6.45) is 4.17. The predicted molar refractivity (Wildman–Crippen MR) is 67.6 cm³/mol. The molecule has 18 heavy (non-hydrogen) atoms. The first-order valence-electron chi connectivity index (χ1n) is 5.28. The molecule has 0 N–H and O–H groups in total. The van der Waals surface area contributed by atoms with E-state index in [1.54, 1.807) is 6.08 Å². The fraction of sp³-hybridized carbons (Fsp3) is 0.143. The SMILES string of the molecule is COC(=O)/C=C/C(=C\c1ccccc1)C(=O)OC. The van der Waals surface area contributed by atoms with Crippen LogP contribution in [0.15, 0.2) is 48.1 Å². The Bertz CT molecular complexity index is 472. The van der Waals surface area contributed by atoms with Gasteiger partial charge in [-0.3, -0.25) is 0 Å². The number of ether oxygens (including phenoxy) is 2. The van der Waals surface area contributed by atoms with Crippen LogP contribution in [0.25, 0.3) is 6.08 Å². The number of hydrogen-bond acceptors (Lipinski definition) is 4. The van der Waals surface area contributed by atoms with Gasteiger partial charge in [-0.2, -0.15) is 0 Å². The summed E-state index contributed by atoms with van der Waals surface area (Å²) in [7, 11) is 2.55. The van der Waals surface area contributed by atoms with Crippen LogP contribution in [0, 0.1) is 0 Å². The Labute approximate surface area is 106 Å². The van der Waals surface area contributed by atoms with E-state index in [-0.39, 0.29) is 5.57 Å². The molecule has 0 bridgehead atoms. The molecule has 4 heteroatoms. The molecule has 0 fully saturated rings. The van der Waals surface area contributed by atoms with E-state index in [9.17, 15) is 9.59 Å². The lowest BCUT2D eigenvalue weighted by molar-refractivity contribution is -0.135. The van der Waals surface area contributed by atoms with Crippen LogP contribution in [0.4, 0.5) is 0 Å². The maximum absolute atomic E-state index is 11.5. The fourth-order valence-electron chi connectivity index (χ4n) is 1.25. The van der Waals surface area contributed by atoms with Crippen LogP contribution in [-0.4, -0.2) is 26.2 Å². The standard InChI is InChI=1S/C14H14O4/c1-17-13(15)9-8-12(14(16)18-2)10-11-6-4-3-5-7-11/h3-10H,1-2H3/b9-8+,12-10+. The number of hydrogen-bond donors (Lipinski definition) is 0. The van der Waals surface area contributed by atoms with E-state index in [0.717, 1.165) is 5.56 Å². The van der Waals surface area contributed by atoms with E-state index in [1.165, 1.54) is 26.4 Å². The number of carbonyl (C=O) groups is 2. The average Bonchev–Trinajstić information content (AvgIpc) is 2.43. The zero-order valence-corrected chi connectivity index (χ0v) is 10.3. The number of esters is 2. The minimum atomic E-state index is -0.530. The Morgan fingerprint density at radius 1 is 1.00 bits per heavy atom. The normalized spacial score (nSPS) is 11.3. The molecule has 0 aliphatic rings. The van der Waals surface area contributed by atoms with E-state index in [0.29, 0.717) is 0 Å². The lowest BCUT2D eigenvalue weighted by Crippen LogP contribution is -2.03. The summed E-state index contributed by atoms with van der Waals surface area (Å²) in [6.45, 7) is 0. The van der Waals surface area contributed by atoms with Crippen LogP contribution in [0.5, 0.6) is 0 Å². The smallest absolute Gasteiger partial charge is 0.337 e. The van der Waals surface area contributed by atoms with Crippen molar-refractivity contribution in [3.63, 3.8) is 0 Å². The van der Waals surface area contributed by atoms with Crippen LogP contribution in [0.1, 0.15) is 5.56 Å². The molecule has 0 unspecified atom stereocenters. The first kappa shape index (κ1) is 13.7. The van der Waals surface area contributed by atoms with Gasteiger partial charge < -0.3 is 9.47 Å². The van der Waals surface area contributed by atoms with Crippen LogP contribution < -0.4 is 0 Å². The van der Waals surface area contributed by atoms with Gasteiger partial charge in [0.1, 0.15) is 0 Å². The van der Waals surface area contributed by atoms with Crippen LogP contribution >= 0.6 is 0 Å². The summed E-state index contributed by atoms with van der Waals surface area (Å²) in [5, 5.41) is 0. The Kier molecular flexibility index (Phi) is 5.38. The van der Waals surface area contributed by atoms with Gasteiger partial charge in [0.25, 0.3) is 0 Å². The third kappa shape index (κ3) is 4.25. The molecular formula is C14H14O4. The van der Waals surface area contributed by atoms with Crippen molar-refractivity contribution >= 4 is 18.0 Å². The van der Waals surface area contributed by atoms with Crippen molar-refractivity contribution < 1.29 is 19.1 Å². The van der Waals surface area contributed by atoms with Gasteiger partial charge in [-0.05, 0) is 17.7 Å². The van der Waals surface area contributed by atoms with Crippen molar-refractivity contribution in [1.82, 2.24) is 0 Å². The number of rotatable bonds is 4. The summed E-state index contributed by atoms with van der Waals surface area (Å²) in [6, 6.07) is 9.26. The monoisotopic (exact) mass is 246 g/mol. The molecule has 0 heterocycles. The number of methoxy groups -OCH3 is 2.